The molecule has 1 aromatic carbocycles. The molecular weight excluding hydrogens is 307 g/mol. The molecular formula is C18H23FN4O. The Balaban J connectivity index is 1.70. The molecule has 0 saturated carbocycles. The first-order valence-electron chi connectivity index (χ1n) is 8.38. The van der Waals surface area contributed by atoms with Crippen molar-refractivity contribution in [1.82, 2.24) is 14.7 Å². The Labute approximate surface area is 141 Å². The number of rotatable bonds is 4. The number of halogens is 1. The fraction of sp³-hybridized carbons (Fsp3) is 0.444. The largest absolute Gasteiger partial charge is 0.338 e. The standard InChI is InChI=1S/C18H23FN4O/c1-13-3-2-9-22(17(13)12-20)18(24)11-15-8-10-23(21-15)16-6-4-14(19)5-7-16/h4-8,10,13,17H,2-3,9,11-12,20H2,1H3/t13-,17+/m1/s1. The predicted molar refractivity (Wildman–Crippen MR) is 90.2 cm³/mol. The van der Waals surface area contributed by atoms with Gasteiger partial charge in [0.25, 0.3) is 0 Å². The van der Waals surface area contributed by atoms with Crippen LogP contribution in [0, 0.1) is 11.7 Å². The van der Waals surface area contributed by atoms with E-state index in [4.69, 9.17) is 5.73 Å². The van der Waals surface area contributed by atoms with E-state index in [0.717, 1.165) is 25.1 Å². The van der Waals surface area contributed by atoms with E-state index in [-0.39, 0.29) is 24.2 Å². The second-order valence-electron chi connectivity index (χ2n) is 6.41. The van der Waals surface area contributed by atoms with Crippen molar-refractivity contribution in [1.29, 1.82) is 0 Å². The normalized spacial score (nSPS) is 21.0. The molecule has 1 aromatic heterocycles. The Morgan fingerprint density at radius 3 is 2.79 bits per heavy atom. The van der Waals surface area contributed by atoms with Crippen molar-refractivity contribution in [2.45, 2.75) is 32.2 Å². The van der Waals surface area contributed by atoms with Crippen LogP contribution in [0.3, 0.4) is 0 Å². The zero-order chi connectivity index (χ0) is 17.1. The lowest BCUT2D eigenvalue weighted by Crippen LogP contribution is -2.51. The highest BCUT2D eigenvalue weighted by Gasteiger charge is 2.30. The lowest BCUT2D eigenvalue weighted by molar-refractivity contribution is -0.135. The number of amides is 1. The van der Waals surface area contributed by atoms with E-state index in [1.807, 2.05) is 11.0 Å². The summed E-state index contributed by atoms with van der Waals surface area (Å²) >= 11 is 0. The quantitative estimate of drug-likeness (QED) is 0.934. The van der Waals surface area contributed by atoms with Gasteiger partial charge in [-0.25, -0.2) is 9.07 Å². The van der Waals surface area contributed by atoms with Crippen LogP contribution in [0.4, 0.5) is 4.39 Å². The van der Waals surface area contributed by atoms with Gasteiger partial charge in [-0.2, -0.15) is 5.10 Å². The molecule has 128 valence electrons. The molecule has 0 spiro atoms. The Hall–Kier alpha value is -2.21. The van der Waals surface area contributed by atoms with Crippen LogP contribution in [0.2, 0.25) is 0 Å². The molecule has 1 aliphatic heterocycles. The Bertz CT molecular complexity index is 697. The molecule has 1 fully saturated rings. The summed E-state index contributed by atoms with van der Waals surface area (Å²) in [6.45, 7) is 3.42. The van der Waals surface area contributed by atoms with Crippen LogP contribution in [0.25, 0.3) is 5.69 Å². The van der Waals surface area contributed by atoms with Gasteiger partial charge in [0.1, 0.15) is 5.82 Å². The first kappa shape index (κ1) is 16.6. The molecule has 2 aromatic rings. The number of aromatic nitrogens is 2. The molecule has 6 heteroatoms. The highest BCUT2D eigenvalue weighted by atomic mass is 19.1. The Morgan fingerprint density at radius 2 is 2.08 bits per heavy atom. The first-order valence-corrected chi connectivity index (χ1v) is 8.38. The molecule has 0 bridgehead atoms. The maximum atomic E-state index is 13.0. The molecule has 2 heterocycles. The van der Waals surface area contributed by atoms with Crippen molar-refractivity contribution in [3.63, 3.8) is 0 Å². The third kappa shape index (κ3) is 3.48. The van der Waals surface area contributed by atoms with Crippen LogP contribution >= 0.6 is 0 Å². The van der Waals surface area contributed by atoms with Gasteiger partial charge in [-0.15, -0.1) is 0 Å². The van der Waals surface area contributed by atoms with Gasteiger partial charge in [0.2, 0.25) is 5.91 Å². The summed E-state index contributed by atoms with van der Waals surface area (Å²) in [7, 11) is 0. The SMILES string of the molecule is C[C@@H]1CCCN(C(=O)Cc2ccn(-c3ccc(F)cc3)n2)[C@H]1CN. The van der Waals surface area contributed by atoms with Crippen LogP contribution in [0.15, 0.2) is 36.5 Å². The maximum Gasteiger partial charge on any atom is 0.228 e. The average molecular weight is 330 g/mol. The van der Waals surface area contributed by atoms with E-state index in [2.05, 4.69) is 12.0 Å². The van der Waals surface area contributed by atoms with Crippen molar-refractivity contribution in [3.05, 3.63) is 48.0 Å². The van der Waals surface area contributed by atoms with Crippen LogP contribution in [-0.2, 0) is 11.2 Å². The summed E-state index contributed by atoms with van der Waals surface area (Å²) in [4.78, 5) is 14.6. The van der Waals surface area contributed by atoms with Crippen LogP contribution in [0.5, 0.6) is 0 Å². The minimum atomic E-state index is -0.284. The van der Waals surface area contributed by atoms with E-state index in [9.17, 15) is 9.18 Å². The summed E-state index contributed by atoms with van der Waals surface area (Å²) in [5.41, 5.74) is 7.34. The maximum absolute atomic E-state index is 13.0. The number of carbonyl (C=O) groups is 1. The number of hydrogen-bond acceptors (Lipinski definition) is 3. The fourth-order valence-electron chi connectivity index (χ4n) is 3.37. The first-order chi connectivity index (χ1) is 11.6. The average Bonchev–Trinajstić information content (AvgIpc) is 3.03. The molecule has 1 aliphatic rings. The predicted octanol–water partition coefficient (Wildman–Crippen LogP) is 2.14. The molecule has 5 nitrogen and oxygen atoms in total. The van der Waals surface area contributed by atoms with E-state index in [1.54, 1.807) is 23.0 Å². The fourth-order valence-corrected chi connectivity index (χ4v) is 3.37. The van der Waals surface area contributed by atoms with Gasteiger partial charge in [-0.1, -0.05) is 6.92 Å². The lowest BCUT2D eigenvalue weighted by atomic mass is 9.90. The van der Waals surface area contributed by atoms with Gasteiger partial charge in [0.15, 0.2) is 0 Å². The number of piperidine rings is 1. The molecule has 3 rings (SSSR count). The summed E-state index contributed by atoms with van der Waals surface area (Å²) in [5.74, 6) is 0.221. The molecule has 1 amide bonds. The molecule has 24 heavy (non-hydrogen) atoms. The summed E-state index contributed by atoms with van der Waals surface area (Å²) in [6.07, 6.45) is 4.19. The number of hydrogen-bond donors (Lipinski definition) is 1. The van der Waals surface area contributed by atoms with Crippen LogP contribution < -0.4 is 5.73 Å². The molecule has 2 atom stereocenters. The zero-order valence-electron chi connectivity index (χ0n) is 13.9. The van der Waals surface area contributed by atoms with Crippen molar-refractivity contribution in [3.8, 4) is 5.69 Å². The molecule has 1 saturated heterocycles. The molecule has 0 radical (unpaired) electrons. The number of benzene rings is 1. The van der Waals surface area contributed by atoms with Gasteiger partial charge < -0.3 is 10.6 Å². The number of likely N-dealkylation sites (tertiary alicyclic amines) is 1. The second kappa shape index (κ2) is 7.13. The van der Waals surface area contributed by atoms with Gasteiger partial charge >= 0.3 is 0 Å². The minimum Gasteiger partial charge on any atom is -0.338 e. The van der Waals surface area contributed by atoms with Crippen molar-refractivity contribution in [2.24, 2.45) is 11.7 Å². The van der Waals surface area contributed by atoms with E-state index in [1.165, 1.54) is 12.1 Å². The Kier molecular flexibility index (Phi) is 4.94. The smallest absolute Gasteiger partial charge is 0.228 e. The lowest BCUT2D eigenvalue weighted by Gasteiger charge is -2.39. The molecule has 0 unspecified atom stereocenters. The van der Waals surface area contributed by atoms with Crippen molar-refractivity contribution >= 4 is 5.91 Å². The van der Waals surface area contributed by atoms with Crippen molar-refractivity contribution < 1.29 is 9.18 Å². The molecule has 2 N–H and O–H groups in total. The topological polar surface area (TPSA) is 64.2 Å². The third-order valence-corrected chi connectivity index (χ3v) is 4.75. The number of carbonyl (C=O) groups excluding carboxylic acids is 1. The van der Waals surface area contributed by atoms with Crippen LogP contribution in [-0.4, -0.2) is 39.7 Å². The highest BCUT2D eigenvalue weighted by molar-refractivity contribution is 5.78. The highest BCUT2D eigenvalue weighted by Crippen LogP contribution is 2.23. The summed E-state index contributed by atoms with van der Waals surface area (Å²) in [6, 6.07) is 8.04. The monoisotopic (exact) mass is 330 g/mol. The van der Waals surface area contributed by atoms with Gasteiger partial charge in [-0.05, 0) is 49.1 Å². The van der Waals surface area contributed by atoms with Gasteiger partial charge in [-0.3, -0.25) is 4.79 Å². The summed E-state index contributed by atoms with van der Waals surface area (Å²) < 4.78 is 14.7. The van der Waals surface area contributed by atoms with Gasteiger partial charge in [0.05, 0.1) is 17.8 Å². The van der Waals surface area contributed by atoms with E-state index < -0.39 is 0 Å². The second-order valence-corrected chi connectivity index (χ2v) is 6.41. The van der Waals surface area contributed by atoms with Crippen LogP contribution in [0.1, 0.15) is 25.5 Å². The number of nitrogens with zero attached hydrogens (tertiary/aromatic N) is 3. The zero-order valence-corrected chi connectivity index (χ0v) is 13.9. The van der Waals surface area contributed by atoms with E-state index >= 15 is 0 Å². The van der Waals surface area contributed by atoms with Crippen molar-refractivity contribution in [2.75, 3.05) is 13.1 Å². The number of nitrogens with two attached hydrogens (primary N) is 1. The molecule has 0 aliphatic carbocycles. The minimum absolute atomic E-state index is 0.0707. The third-order valence-electron chi connectivity index (χ3n) is 4.75. The van der Waals surface area contributed by atoms with Gasteiger partial charge in [0, 0.05) is 25.3 Å². The van der Waals surface area contributed by atoms with E-state index in [0.29, 0.717) is 18.2 Å². The Morgan fingerprint density at radius 1 is 1.33 bits per heavy atom. The summed E-state index contributed by atoms with van der Waals surface area (Å²) in [5, 5.41) is 4.43.